The van der Waals surface area contributed by atoms with Crippen molar-refractivity contribution in [2.45, 2.75) is 13.3 Å². The summed E-state index contributed by atoms with van der Waals surface area (Å²) in [5, 5.41) is 0. The van der Waals surface area contributed by atoms with Crippen LogP contribution < -0.4 is 4.74 Å². The van der Waals surface area contributed by atoms with E-state index in [1.54, 1.807) is 12.1 Å². The summed E-state index contributed by atoms with van der Waals surface area (Å²) in [7, 11) is 2.80. The monoisotopic (exact) mass is 324 g/mol. The number of allylic oxidation sites excluding steroid dienone is 1. The molecule has 124 valence electrons. The summed E-state index contributed by atoms with van der Waals surface area (Å²) in [6.07, 6.45) is 1.63. The summed E-state index contributed by atoms with van der Waals surface area (Å²) in [5.41, 5.74) is 3.27. The Morgan fingerprint density at radius 1 is 1.04 bits per heavy atom. The minimum absolute atomic E-state index is 0.297. The number of carbonyl (C=O) groups excluding carboxylic acids is 2. The molecule has 0 radical (unpaired) electrons. The number of rotatable bonds is 6. The van der Waals surface area contributed by atoms with E-state index in [2.05, 4.69) is 4.74 Å². The topological polar surface area (TPSA) is 52.6 Å². The average molecular weight is 324 g/mol. The molecule has 4 heteroatoms. The van der Waals surface area contributed by atoms with Crippen molar-refractivity contribution in [2.75, 3.05) is 14.2 Å². The number of ether oxygens (including phenoxy) is 2. The Hall–Kier alpha value is -2.88. The highest BCUT2D eigenvalue weighted by atomic mass is 16.5. The number of benzene rings is 2. The first kappa shape index (κ1) is 17.5. The zero-order valence-corrected chi connectivity index (χ0v) is 14.0. The van der Waals surface area contributed by atoms with E-state index in [0.29, 0.717) is 11.3 Å². The maximum absolute atomic E-state index is 12.4. The van der Waals surface area contributed by atoms with Gasteiger partial charge in [-0.25, -0.2) is 0 Å². The Morgan fingerprint density at radius 3 is 2.38 bits per heavy atom. The number of hydrogen-bond donors (Lipinski definition) is 0. The highest BCUT2D eigenvalue weighted by molar-refractivity contribution is 6.08. The van der Waals surface area contributed by atoms with Crippen molar-refractivity contribution in [3.8, 4) is 5.75 Å². The van der Waals surface area contributed by atoms with Crippen LogP contribution in [-0.2, 0) is 9.53 Å². The van der Waals surface area contributed by atoms with Crippen molar-refractivity contribution in [1.82, 2.24) is 0 Å². The molecule has 2 aromatic carbocycles. The predicted octanol–water partition coefficient (Wildman–Crippen LogP) is 4.00. The van der Waals surface area contributed by atoms with Gasteiger partial charge in [-0.1, -0.05) is 42.5 Å². The number of hydrogen-bond acceptors (Lipinski definition) is 4. The van der Waals surface area contributed by atoms with Gasteiger partial charge in [0.25, 0.3) is 0 Å². The molecule has 0 N–H and O–H groups in total. The highest BCUT2D eigenvalue weighted by Gasteiger charge is 2.16. The molecule has 2 rings (SSSR count). The summed E-state index contributed by atoms with van der Waals surface area (Å²) in [6, 6.07) is 15.1. The third-order valence-electron chi connectivity index (χ3n) is 3.69. The molecule has 0 heterocycles. The van der Waals surface area contributed by atoms with Crippen LogP contribution in [0.1, 0.15) is 34.8 Å². The second-order valence-corrected chi connectivity index (χ2v) is 5.32. The normalized spacial score (nSPS) is 11.0. The average Bonchev–Trinajstić information content (AvgIpc) is 2.62. The van der Waals surface area contributed by atoms with E-state index in [-0.39, 0.29) is 12.2 Å². The number of carbonyl (C=O) groups is 2. The van der Waals surface area contributed by atoms with Gasteiger partial charge in [0.15, 0.2) is 5.78 Å². The number of Topliss-reactive ketones (excluding diaryl/α,β-unsaturated/α-hetero) is 1. The molecule has 0 saturated carbocycles. The van der Waals surface area contributed by atoms with Gasteiger partial charge in [0.05, 0.1) is 14.2 Å². The number of methoxy groups -OCH3 is 2. The van der Waals surface area contributed by atoms with Gasteiger partial charge in [-0.2, -0.15) is 0 Å². The Morgan fingerprint density at radius 2 is 1.75 bits per heavy atom. The number of esters is 1. The largest absolute Gasteiger partial charge is 0.497 e. The lowest BCUT2D eigenvalue weighted by atomic mass is 9.97. The van der Waals surface area contributed by atoms with Crippen LogP contribution in [0.15, 0.2) is 48.5 Å². The molecule has 0 unspecified atom stereocenters. The molecule has 0 bridgehead atoms. The van der Waals surface area contributed by atoms with Crippen LogP contribution in [0, 0.1) is 0 Å². The van der Waals surface area contributed by atoms with Gasteiger partial charge < -0.3 is 9.47 Å². The lowest BCUT2D eigenvalue weighted by Gasteiger charge is -2.09. The van der Waals surface area contributed by atoms with Crippen molar-refractivity contribution in [3.63, 3.8) is 0 Å². The second-order valence-electron chi connectivity index (χ2n) is 5.32. The first-order valence-corrected chi connectivity index (χ1v) is 7.57. The minimum atomic E-state index is -0.558. The third-order valence-corrected chi connectivity index (χ3v) is 3.69. The molecule has 0 aliphatic rings. The van der Waals surface area contributed by atoms with Crippen LogP contribution in [0.4, 0.5) is 0 Å². The van der Waals surface area contributed by atoms with Crippen LogP contribution >= 0.6 is 0 Å². The van der Waals surface area contributed by atoms with E-state index in [1.165, 1.54) is 14.2 Å². The quantitative estimate of drug-likeness (QED) is 0.349. The van der Waals surface area contributed by atoms with E-state index in [9.17, 15) is 9.59 Å². The van der Waals surface area contributed by atoms with Gasteiger partial charge in [-0.05, 0) is 35.8 Å². The van der Waals surface area contributed by atoms with Gasteiger partial charge in [-0.15, -0.1) is 0 Å². The van der Waals surface area contributed by atoms with Crippen molar-refractivity contribution in [3.05, 3.63) is 65.2 Å². The lowest BCUT2D eigenvalue weighted by Crippen LogP contribution is -2.11. The van der Waals surface area contributed by atoms with Crippen LogP contribution in [-0.4, -0.2) is 26.0 Å². The molecular formula is C20H20O4. The van der Waals surface area contributed by atoms with Gasteiger partial charge in [0, 0.05) is 5.56 Å². The molecule has 0 saturated heterocycles. The molecular weight excluding hydrogens is 304 g/mol. The predicted molar refractivity (Wildman–Crippen MR) is 93.9 cm³/mol. The maximum atomic E-state index is 12.4. The summed E-state index contributed by atoms with van der Waals surface area (Å²) in [5.74, 6) is -0.289. The van der Waals surface area contributed by atoms with Gasteiger partial charge >= 0.3 is 5.97 Å². The van der Waals surface area contributed by atoms with Crippen LogP contribution in [0.3, 0.4) is 0 Å². The summed E-state index contributed by atoms with van der Waals surface area (Å²) in [6.45, 7) is 1.98. The first-order chi connectivity index (χ1) is 11.5. The molecule has 24 heavy (non-hydrogen) atoms. The zero-order valence-electron chi connectivity index (χ0n) is 14.0. The summed E-state index contributed by atoms with van der Waals surface area (Å²) < 4.78 is 9.77. The van der Waals surface area contributed by atoms with Crippen molar-refractivity contribution in [1.29, 1.82) is 0 Å². The molecule has 0 aliphatic carbocycles. The second kappa shape index (κ2) is 8.11. The van der Waals surface area contributed by atoms with E-state index in [0.717, 1.165) is 16.7 Å². The van der Waals surface area contributed by atoms with E-state index < -0.39 is 5.97 Å². The Balaban J connectivity index is 2.42. The molecule has 0 aliphatic heterocycles. The van der Waals surface area contributed by atoms with E-state index >= 15 is 0 Å². The molecule has 0 atom stereocenters. The minimum Gasteiger partial charge on any atom is -0.497 e. The Bertz CT molecular complexity index is 760. The molecule has 0 spiro atoms. The van der Waals surface area contributed by atoms with Gasteiger partial charge in [0.2, 0.25) is 0 Å². The Kier molecular flexibility index (Phi) is 5.90. The SMILES string of the molecule is COC(=O)CC(=O)c1cc(OC)ccc1/C=C(\C)c1ccccc1. The number of ketones is 1. The summed E-state index contributed by atoms with van der Waals surface area (Å²) in [4.78, 5) is 23.9. The summed E-state index contributed by atoms with van der Waals surface area (Å²) >= 11 is 0. The molecule has 0 fully saturated rings. The van der Waals surface area contributed by atoms with Crippen molar-refractivity contribution in [2.24, 2.45) is 0 Å². The van der Waals surface area contributed by atoms with Crippen LogP contribution in [0.5, 0.6) is 5.75 Å². The van der Waals surface area contributed by atoms with Crippen LogP contribution in [0.2, 0.25) is 0 Å². The zero-order chi connectivity index (χ0) is 17.5. The lowest BCUT2D eigenvalue weighted by molar-refractivity contribution is -0.139. The molecule has 4 nitrogen and oxygen atoms in total. The smallest absolute Gasteiger partial charge is 0.313 e. The van der Waals surface area contributed by atoms with Crippen LogP contribution in [0.25, 0.3) is 11.6 Å². The van der Waals surface area contributed by atoms with Crippen molar-refractivity contribution >= 4 is 23.4 Å². The maximum Gasteiger partial charge on any atom is 0.313 e. The van der Waals surface area contributed by atoms with E-state index in [1.807, 2.05) is 49.4 Å². The molecule has 2 aromatic rings. The van der Waals surface area contributed by atoms with E-state index in [4.69, 9.17) is 4.74 Å². The van der Waals surface area contributed by atoms with Gasteiger partial charge in [-0.3, -0.25) is 9.59 Å². The highest BCUT2D eigenvalue weighted by Crippen LogP contribution is 2.24. The van der Waals surface area contributed by atoms with Crippen molar-refractivity contribution < 1.29 is 19.1 Å². The first-order valence-electron chi connectivity index (χ1n) is 7.57. The third kappa shape index (κ3) is 4.32. The fourth-order valence-corrected chi connectivity index (χ4v) is 2.35. The van der Waals surface area contributed by atoms with Gasteiger partial charge in [0.1, 0.15) is 12.2 Å². The fraction of sp³-hybridized carbons (Fsp3) is 0.200. The molecule has 0 amide bonds. The standard InChI is InChI=1S/C20H20O4/c1-14(15-7-5-4-6-8-15)11-16-9-10-17(23-2)12-18(16)19(21)13-20(22)24-3/h4-12H,13H2,1-3H3/b14-11+. The molecule has 0 aromatic heterocycles. The Labute approximate surface area is 141 Å². The fourth-order valence-electron chi connectivity index (χ4n) is 2.35.